The van der Waals surface area contributed by atoms with Gasteiger partial charge in [0.2, 0.25) is 11.8 Å². The van der Waals surface area contributed by atoms with Gasteiger partial charge in [-0.1, -0.05) is 12.6 Å². The highest BCUT2D eigenvalue weighted by Gasteiger charge is 2.08. The number of aryl methyl sites for hydroxylation is 1. The van der Waals surface area contributed by atoms with Crippen molar-refractivity contribution in [1.29, 1.82) is 0 Å². The maximum atomic E-state index is 12.1. The van der Waals surface area contributed by atoms with E-state index in [4.69, 9.17) is 4.74 Å². The molecule has 0 bridgehead atoms. The third-order valence-corrected chi connectivity index (χ3v) is 3.63. The van der Waals surface area contributed by atoms with Crippen LogP contribution in [0.4, 0.5) is 11.5 Å². The van der Waals surface area contributed by atoms with Crippen LogP contribution in [0.25, 0.3) is 0 Å². The van der Waals surface area contributed by atoms with Crippen molar-refractivity contribution < 1.29 is 9.53 Å². The predicted molar refractivity (Wildman–Crippen MR) is 100 cm³/mol. The molecule has 0 saturated carbocycles. The standard InChI is InChI=1S/C17H19BrN4O3/c1-4-15(23)19-11(2)10-25-16-7-5-6-14(21-16)20-13-8-12(18)9-22(3)17(13)24/h4-9,11H,1,10H2,2-3H3,(H,19,23)(H,20,21). The molecule has 1 unspecified atom stereocenters. The molecule has 0 radical (unpaired) electrons. The summed E-state index contributed by atoms with van der Waals surface area (Å²) in [4.78, 5) is 27.7. The van der Waals surface area contributed by atoms with Gasteiger partial charge in [0.15, 0.2) is 0 Å². The number of hydrogen-bond acceptors (Lipinski definition) is 5. The maximum Gasteiger partial charge on any atom is 0.274 e. The van der Waals surface area contributed by atoms with Crippen molar-refractivity contribution in [1.82, 2.24) is 14.9 Å². The lowest BCUT2D eigenvalue weighted by atomic mass is 10.3. The second-order valence-corrected chi connectivity index (χ2v) is 6.31. The lowest BCUT2D eigenvalue weighted by Crippen LogP contribution is -2.35. The van der Waals surface area contributed by atoms with E-state index < -0.39 is 0 Å². The maximum absolute atomic E-state index is 12.1. The van der Waals surface area contributed by atoms with E-state index >= 15 is 0 Å². The minimum atomic E-state index is -0.259. The minimum absolute atomic E-state index is 0.169. The molecular formula is C17H19BrN4O3. The molecule has 8 heteroatoms. The van der Waals surface area contributed by atoms with Crippen LogP contribution < -0.4 is 20.9 Å². The fourth-order valence-electron chi connectivity index (χ4n) is 2.02. The quantitative estimate of drug-likeness (QED) is 0.689. The smallest absolute Gasteiger partial charge is 0.274 e. The van der Waals surface area contributed by atoms with Gasteiger partial charge in [-0.3, -0.25) is 9.59 Å². The molecule has 0 aromatic carbocycles. The molecule has 132 valence electrons. The monoisotopic (exact) mass is 406 g/mol. The first-order valence-electron chi connectivity index (χ1n) is 7.55. The largest absolute Gasteiger partial charge is 0.475 e. The summed E-state index contributed by atoms with van der Waals surface area (Å²) in [6.45, 7) is 5.47. The summed E-state index contributed by atoms with van der Waals surface area (Å²) < 4.78 is 7.82. The fourth-order valence-corrected chi connectivity index (χ4v) is 2.55. The van der Waals surface area contributed by atoms with E-state index in [2.05, 4.69) is 38.1 Å². The first kappa shape index (κ1) is 18.7. The van der Waals surface area contributed by atoms with E-state index in [-0.39, 0.29) is 24.1 Å². The summed E-state index contributed by atoms with van der Waals surface area (Å²) in [5, 5.41) is 5.69. The summed E-state index contributed by atoms with van der Waals surface area (Å²) in [5.41, 5.74) is 0.227. The molecule has 2 aromatic heterocycles. The van der Waals surface area contributed by atoms with Gasteiger partial charge in [0.25, 0.3) is 5.56 Å². The molecule has 7 nitrogen and oxygen atoms in total. The minimum Gasteiger partial charge on any atom is -0.475 e. The Morgan fingerprint density at radius 3 is 3.00 bits per heavy atom. The molecule has 1 atom stereocenters. The number of hydrogen-bond donors (Lipinski definition) is 2. The van der Waals surface area contributed by atoms with E-state index in [1.807, 2.05) is 6.92 Å². The molecule has 0 fully saturated rings. The van der Waals surface area contributed by atoms with Crippen LogP contribution in [0.15, 0.2) is 52.4 Å². The number of halogens is 1. The molecule has 2 heterocycles. The summed E-state index contributed by atoms with van der Waals surface area (Å²) >= 11 is 3.35. The van der Waals surface area contributed by atoms with Crippen LogP contribution in [0.1, 0.15) is 6.92 Å². The zero-order chi connectivity index (χ0) is 18.4. The SMILES string of the molecule is C=CC(=O)NC(C)COc1cccc(Nc2cc(Br)cn(C)c2=O)n1. The average Bonchev–Trinajstić information content (AvgIpc) is 2.57. The topological polar surface area (TPSA) is 85.2 Å². The van der Waals surface area contributed by atoms with Crippen LogP contribution in [0.3, 0.4) is 0 Å². The van der Waals surface area contributed by atoms with Crippen molar-refractivity contribution in [2.24, 2.45) is 7.05 Å². The Hall–Kier alpha value is -2.61. The Morgan fingerprint density at radius 1 is 1.52 bits per heavy atom. The van der Waals surface area contributed by atoms with Crippen LogP contribution in [0.5, 0.6) is 5.88 Å². The average molecular weight is 407 g/mol. The molecular weight excluding hydrogens is 388 g/mol. The zero-order valence-electron chi connectivity index (χ0n) is 14.0. The summed E-state index contributed by atoms with van der Waals surface area (Å²) in [5.74, 6) is 0.608. The molecule has 0 spiro atoms. The lowest BCUT2D eigenvalue weighted by molar-refractivity contribution is -0.117. The number of amides is 1. The van der Waals surface area contributed by atoms with Gasteiger partial charge in [0.05, 0.1) is 6.04 Å². The second-order valence-electron chi connectivity index (χ2n) is 5.40. The second kappa shape index (κ2) is 8.48. The Morgan fingerprint density at radius 2 is 2.28 bits per heavy atom. The third kappa shape index (κ3) is 5.46. The number of rotatable bonds is 7. The number of pyridine rings is 2. The fraction of sp³-hybridized carbons (Fsp3) is 0.235. The van der Waals surface area contributed by atoms with Crippen LogP contribution in [-0.2, 0) is 11.8 Å². The van der Waals surface area contributed by atoms with E-state index in [9.17, 15) is 9.59 Å². The van der Waals surface area contributed by atoms with Gasteiger partial charge in [-0.25, -0.2) is 0 Å². The highest BCUT2D eigenvalue weighted by Crippen LogP contribution is 2.18. The van der Waals surface area contributed by atoms with E-state index in [0.717, 1.165) is 4.47 Å². The molecule has 0 saturated heterocycles. The van der Waals surface area contributed by atoms with E-state index in [1.165, 1.54) is 10.6 Å². The van der Waals surface area contributed by atoms with E-state index in [0.29, 0.717) is 17.4 Å². The Kier molecular flexibility index (Phi) is 6.35. The van der Waals surface area contributed by atoms with Crippen molar-refractivity contribution in [3.05, 3.63) is 57.9 Å². The number of anilines is 2. The summed E-state index contributed by atoms with van der Waals surface area (Å²) in [7, 11) is 1.67. The number of aromatic nitrogens is 2. The van der Waals surface area contributed by atoms with Gasteiger partial charge < -0.3 is 19.9 Å². The summed E-state index contributed by atoms with van der Waals surface area (Å²) in [6, 6.07) is 6.69. The van der Waals surface area contributed by atoms with Gasteiger partial charge >= 0.3 is 0 Å². The number of nitrogens with one attached hydrogen (secondary N) is 2. The highest BCUT2D eigenvalue weighted by atomic mass is 79.9. The van der Waals surface area contributed by atoms with Gasteiger partial charge in [-0.15, -0.1) is 0 Å². The van der Waals surface area contributed by atoms with Gasteiger partial charge in [-0.2, -0.15) is 4.98 Å². The Bertz CT molecular complexity index is 835. The number of ether oxygens (including phenoxy) is 1. The van der Waals surface area contributed by atoms with Crippen LogP contribution in [-0.4, -0.2) is 28.1 Å². The van der Waals surface area contributed by atoms with Crippen LogP contribution >= 0.6 is 15.9 Å². The first-order valence-corrected chi connectivity index (χ1v) is 8.34. The van der Waals surface area contributed by atoms with E-state index in [1.54, 1.807) is 37.5 Å². The van der Waals surface area contributed by atoms with Crippen molar-refractivity contribution in [3.8, 4) is 5.88 Å². The number of carbonyl (C=O) groups excluding carboxylic acids is 1. The van der Waals surface area contributed by atoms with Gasteiger partial charge in [0.1, 0.15) is 18.1 Å². The first-order chi connectivity index (χ1) is 11.9. The van der Waals surface area contributed by atoms with Gasteiger partial charge in [0, 0.05) is 23.8 Å². The Labute approximate surface area is 153 Å². The normalized spacial score (nSPS) is 11.5. The molecule has 2 N–H and O–H groups in total. The molecule has 0 aliphatic rings. The van der Waals surface area contributed by atoms with Crippen molar-refractivity contribution in [3.63, 3.8) is 0 Å². The lowest BCUT2D eigenvalue weighted by Gasteiger charge is -2.14. The van der Waals surface area contributed by atoms with Crippen LogP contribution in [0.2, 0.25) is 0 Å². The molecule has 0 aliphatic carbocycles. The van der Waals surface area contributed by atoms with Crippen LogP contribution in [0, 0.1) is 0 Å². The van der Waals surface area contributed by atoms with Crippen molar-refractivity contribution >= 4 is 33.3 Å². The highest BCUT2D eigenvalue weighted by molar-refractivity contribution is 9.10. The Balaban J connectivity index is 2.05. The number of carbonyl (C=O) groups is 1. The molecule has 1 amide bonds. The predicted octanol–water partition coefficient (Wildman–Crippen LogP) is 2.36. The third-order valence-electron chi connectivity index (χ3n) is 3.19. The van der Waals surface area contributed by atoms with Gasteiger partial charge in [-0.05, 0) is 41.1 Å². The molecule has 0 aliphatic heterocycles. The van der Waals surface area contributed by atoms with Crippen molar-refractivity contribution in [2.75, 3.05) is 11.9 Å². The molecule has 25 heavy (non-hydrogen) atoms. The summed E-state index contributed by atoms with van der Waals surface area (Å²) in [6.07, 6.45) is 2.89. The zero-order valence-corrected chi connectivity index (χ0v) is 15.5. The van der Waals surface area contributed by atoms with Crippen molar-refractivity contribution in [2.45, 2.75) is 13.0 Å². The molecule has 2 aromatic rings. The molecule has 2 rings (SSSR count). The number of nitrogens with zero attached hydrogens (tertiary/aromatic N) is 2.